The minimum absolute atomic E-state index is 0.0357. The van der Waals surface area contributed by atoms with Crippen molar-refractivity contribution in [3.63, 3.8) is 0 Å². The fraction of sp³-hybridized carbons (Fsp3) is 0.0870. The van der Waals surface area contributed by atoms with E-state index in [1.54, 1.807) is 24.3 Å². The number of fused-ring (bicyclic) bond motifs is 2. The van der Waals surface area contributed by atoms with Crippen molar-refractivity contribution in [3.05, 3.63) is 94.8 Å². The van der Waals surface area contributed by atoms with Gasteiger partial charge in [-0.25, -0.2) is 0 Å². The molecule has 0 aromatic heterocycles. The third kappa shape index (κ3) is 2.27. The molecule has 0 N–H and O–H groups in total. The van der Waals surface area contributed by atoms with E-state index in [-0.39, 0.29) is 29.1 Å². The topological polar surface area (TPSA) is 60.4 Å². The molecule has 1 atom stereocenters. The van der Waals surface area contributed by atoms with Crippen molar-refractivity contribution >= 4 is 28.3 Å². The Morgan fingerprint density at radius 3 is 2.22 bits per heavy atom. The van der Waals surface area contributed by atoms with Crippen LogP contribution in [0.2, 0.25) is 0 Å². The maximum atomic E-state index is 13.2. The highest BCUT2D eigenvalue weighted by molar-refractivity contribution is 6.27. The summed E-state index contributed by atoms with van der Waals surface area (Å²) in [5.41, 5.74) is 1.80. The molecule has 0 fully saturated rings. The summed E-state index contributed by atoms with van der Waals surface area (Å²) in [5.74, 6) is -1.76. The van der Waals surface area contributed by atoms with E-state index in [9.17, 15) is 14.4 Å². The normalized spacial score (nSPS) is 19.0. The molecule has 0 bridgehead atoms. The number of carbonyl (C=O) groups is 3. The number of benzene rings is 3. The number of ether oxygens (including phenoxy) is 1. The Morgan fingerprint density at radius 2 is 1.41 bits per heavy atom. The van der Waals surface area contributed by atoms with Gasteiger partial charge in [-0.2, -0.15) is 0 Å². The third-order valence-corrected chi connectivity index (χ3v) is 5.25. The summed E-state index contributed by atoms with van der Waals surface area (Å²) < 4.78 is 5.26. The zero-order chi connectivity index (χ0) is 18.5. The van der Waals surface area contributed by atoms with Crippen molar-refractivity contribution < 1.29 is 19.1 Å². The van der Waals surface area contributed by atoms with Gasteiger partial charge in [0.15, 0.2) is 11.5 Å². The van der Waals surface area contributed by atoms with Gasteiger partial charge in [0.25, 0.3) is 0 Å². The average Bonchev–Trinajstić information content (AvgIpc) is 2.71. The molecule has 4 heteroatoms. The van der Waals surface area contributed by atoms with E-state index in [2.05, 4.69) is 0 Å². The minimum Gasteiger partial charge on any atom is -0.422 e. The molecule has 0 amide bonds. The summed E-state index contributed by atoms with van der Waals surface area (Å²) in [5, 5.41) is 1.98. The standard InChI is InChI=1S/C23H14O4/c24-19-12-18(15-11-5-7-13-6-1-2-8-14(13)15)20-21(25)16-9-3-4-10-17(16)22(26)23(20)27-19/h1-11,18H,12H2/t18-/m1/s1. The maximum absolute atomic E-state index is 13.2. The largest absolute Gasteiger partial charge is 0.422 e. The Labute approximate surface area is 155 Å². The van der Waals surface area contributed by atoms with Crippen LogP contribution in [0.25, 0.3) is 10.8 Å². The Hall–Kier alpha value is -3.53. The van der Waals surface area contributed by atoms with Gasteiger partial charge in [0.1, 0.15) is 0 Å². The van der Waals surface area contributed by atoms with Gasteiger partial charge < -0.3 is 4.74 Å². The van der Waals surface area contributed by atoms with Gasteiger partial charge in [-0.1, -0.05) is 66.7 Å². The van der Waals surface area contributed by atoms with E-state index in [1.807, 2.05) is 42.5 Å². The zero-order valence-corrected chi connectivity index (χ0v) is 14.3. The molecular formula is C23H14O4. The predicted molar refractivity (Wildman–Crippen MR) is 99.5 cm³/mol. The van der Waals surface area contributed by atoms with E-state index in [0.29, 0.717) is 5.56 Å². The highest BCUT2D eigenvalue weighted by atomic mass is 16.5. The van der Waals surface area contributed by atoms with E-state index in [0.717, 1.165) is 16.3 Å². The van der Waals surface area contributed by atoms with Crippen molar-refractivity contribution in [1.82, 2.24) is 0 Å². The molecule has 0 unspecified atom stereocenters. The Morgan fingerprint density at radius 1 is 0.741 bits per heavy atom. The number of carbonyl (C=O) groups excluding carboxylic acids is 3. The van der Waals surface area contributed by atoms with E-state index in [4.69, 9.17) is 4.74 Å². The van der Waals surface area contributed by atoms with Gasteiger partial charge in [0.05, 0.1) is 12.0 Å². The second kappa shape index (κ2) is 5.74. The molecular weight excluding hydrogens is 340 g/mol. The van der Waals surface area contributed by atoms with Gasteiger partial charge in [-0.3, -0.25) is 14.4 Å². The summed E-state index contributed by atoms with van der Waals surface area (Å²) in [4.78, 5) is 38.4. The number of allylic oxidation sites excluding steroid dienone is 2. The van der Waals surface area contributed by atoms with Crippen LogP contribution in [0.4, 0.5) is 0 Å². The Bertz CT molecular complexity index is 1180. The molecule has 130 valence electrons. The molecule has 2 aliphatic rings. The molecule has 5 rings (SSSR count). The number of Topliss-reactive ketones (excluding diaryl/α,β-unsaturated/α-hetero) is 2. The lowest BCUT2D eigenvalue weighted by atomic mass is 9.76. The molecule has 4 nitrogen and oxygen atoms in total. The molecule has 0 saturated heterocycles. The van der Waals surface area contributed by atoms with E-state index >= 15 is 0 Å². The van der Waals surface area contributed by atoms with Crippen LogP contribution in [-0.2, 0) is 9.53 Å². The SMILES string of the molecule is O=C1C[C@H](c2cccc3ccccc23)C2=C(O1)C(=O)c1ccccc1C2=O. The van der Waals surface area contributed by atoms with E-state index < -0.39 is 17.7 Å². The second-order valence-corrected chi connectivity index (χ2v) is 6.75. The maximum Gasteiger partial charge on any atom is 0.312 e. The first-order chi connectivity index (χ1) is 13.1. The predicted octanol–water partition coefficient (Wildman–Crippen LogP) is 4.20. The molecule has 1 heterocycles. The first-order valence-electron chi connectivity index (χ1n) is 8.76. The summed E-state index contributed by atoms with van der Waals surface area (Å²) in [7, 11) is 0. The summed E-state index contributed by atoms with van der Waals surface area (Å²) in [6.07, 6.45) is 0.0357. The Kier molecular flexibility index (Phi) is 3.34. The molecule has 0 saturated carbocycles. The van der Waals surface area contributed by atoms with Crippen LogP contribution in [0, 0.1) is 0 Å². The van der Waals surface area contributed by atoms with Crippen LogP contribution in [0.15, 0.2) is 78.1 Å². The van der Waals surface area contributed by atoms with Crippen LogP contribution in [0.5, 0.6) is 0 Å². The first kappa shape index (κ1) is 15.7. The summed E-state index contributed by atoms with van der Waals surface area (Å²) in [6.45, 7) is 0. The second-order valence-electron chi connectivity index (χ2n) is 6.75. The van der Waals surface area contributed by atoms with Gasteiger partial charge >= 0.3 is 5.97 Å². The lowest BCUT2D eigenvalue weighted by molar-refractivity contribution is -0.140. The molecule has 3 aromatic carbocycles. The average molecular weight is 354 g/mol. The number of rotatable bonds is 1. The molecule has 3 aromatic rings. The van der Waals surface area contributed by atoms with Gasteiger partial charge in [0.2, 0.25) is 5.78 Å². The monoisotopic (exact) mass is 354 g/mol. The fourth-order valence-corrected chi connectivity index (χ4v) is 4.03. The first-order valence-corrected chi connectivity index (χ1v) is 8.76. The molecule has 0 spiro atoms. The molecule has 1 aliphatic heterocycles. The zero-order valence-electron chi connectivity index (χ0n) is 14.3. The quantitative estimate of drug-likeness (QED) is 0.615. The summed E-state index contributed by atoms with van der Waals surface area (Å²) in [6, 6.07) is 20.3. The number of hydrogen-bond acceptors (Lipinski definition) is 4. The fourth-order valence-electron chi connectivity index (χ4n) is 4.03. The molecule has 27 heavy (non-hydrogen) atoms. The summed E-state index contributed by atoms with van der Waals surface area (Å²) >= 11 is 0. The van der Waals surface area contributed by atoms with Crippen molar-refractivity contribution in [2.24, 2.45) is 0 Å². The van der Waals surface area contributed by atoms with Crippen LogP contribution in [0.1, 0.15) is 38.6 Å². The number of esters is 1. The highest BCUT2D eigenvalue weighted by Crippen LogP contribution is 2.43. The van der Waals surface area contributed by atoms with Crippen molar-refractivity contribution in [2.75, 3.05) is 0 Å². The molecule has 1 aliphatic carbocycles. The van der Waals surface area contributed by atoms with E-state index in [1.165, 1.54) is 0 Å². The minimum atomic E-state index is -0.503. The number of ketones is 2. The lowest BCUT2D eigenvalue weighted by Crippen LogP contribution is -2.32. The Balaban J connectivity index is 1.77. The van der Waals surface area contributed by atoms with Crippen molar-refractivity contribution in [2.45, 2.75) is 12.3 Å². The van der Waals surface area contributed by atoms with Crippen LogP contribution >= 0.6 is 0 Å². The molecule has 0 radical (unpaired) electrons. The van der Waals surface area contributed by atoms with Crippen molar-refractivity contribution in [3.8, 4) is 0 Å². The van der Waals surface area contributed by atoms with Gasteiger partial charge in [-0.05, 0) is 16.3 Å². The lowest BCUT2D eigenvalue weighted by Gasteiger charge is -2.30. The highest BCUT2D eigenvalue weighted by Gasteiger charge is 2.43. The smallest absolute Gasteiger partial charge is 0.312 e. The van der Waals surface area contributed by atoms with Gasteiger partial charge in [-0.15, -0.1) is 0 Å². The van der Waals surface area contributed by atoms with Crippen molar-refractivity contribution in [1.29, 1.82) is 0 Å². The van der Waals surface area contributed by atoms with Gasteiger partial charge in [0, 0.05) is 17.0 Å². The third-order valence-electron chi connectivity index (χ3n) is 5.25. The van der Waals surface area contributed by atoms with Crippen LogP contribution in [-0.4, -0.2) is 17.5 Å². The van der Waals surface area contributed by atoms with Crippen LogP contribution in [0.3, 0.4) is 0 Å². The number of hydrogen-bond donors (Lipinski definition) is 0. The van der Waals surface area contributed by atoms with Crippen LogP contribution < -0.4 is 0 Å².